The van der Waals surface area contributed by atoms with Crippen LogP contribution in [-0.4, -0.2) is 106 Å². The summed E-state index contributed by atoms with van der Waals surface area (Å²) >= 11 is 0. The predicted molar refractivity (Wildman–Crippen MR) is 24.1 cm³/mol. The van der Waals surface area contributed by atoms with E-state index in [1.165, 1.54) is 0 Å². The van der Waals surface area contributed by atoms with E-state index in [4.69, 9.17) is 20.1 Å². The molecule has 0 aromatic carbocycles. The molecule has 0 saturated carbocycles. The molecule has 9 heteroatoms. The molecule has 0 saturated heterocycles. The van der Waals surface area contributed by atoms with Crippen LogP contribution in [0.4, 0.5) is 0 Å². The third kappa shape index (κ3) is 18.1. The number of rotatable bonds is 2. The molecular weight excluding hydrogens is 277 g/mol. The van der Waals surface area contributed by atoms with Crippen molar-refractivity contribution in [1.29, 1.82) is 0 Å². The topological polar surface area (TPSA) is 101 Å². The van der Waals surface area contributed by atoms with E-state index in [9.17, 15) is 0 Å². The van der Waals surface area contributed by atoms with Crippen LogP contribution in [0.1, 0.15) is 0 Å². The summed E-state index contributed by atoms with van der Waals surface area (Å²) in [5.41, 5.74) is 0. The van der Waals surface area contributed by atoms with Crippen molar-refractivity contribution < 1.29 is 24.7 Å². The van der Waals surface area contributed by atoms with Crippen LogP contribution in [0.15, 0.2) is 0 Å². The summed E-state index contributed by atoms with van der Waals surface area (Å²) in [5.74, 6) is 0. The first-order valence-corrected chi connectivity index (χ1v) is 1.41. The molecule has 0 spiro atoms. The Labute approximate surface area is 127 Å². The van der Waals surface area contributed by atoms with Gasteiger partial charge in [-0.05, 0) is 0 Å². The van der Waals surface area contributed by atoms with E-state index in [2.05, 4.69) is 4.57 Å². The number of hydrogen-bond acceptors (Lipinski definition) is 5. The fraction of sp³-hybridized carbons (Fsp3) is 0. The molecule has 0 aromatic heterocycles. The van der Waals surface area contributed by atoms with E-state index >= 15 is 0 Å². The molecule has 0 bridgehead atoms. The van der Waals surface area contributed by atoms with E-state index in [1.807, 2.05) is 0 Å². The van der Waals surface area contributed by atoms with Gasteiger partial charge in [0.15, 0.2) is 0 Å². The van der Waals surface area contributed by atoms with Gasteiger partial charge in [0.05, 0.1) is 0 Å². The first-order valence-electron chi connectivity index (χ1n) is 1.41. The minimum Gasteiger partial charge on any atom is -0.872 e. The third-order valence-electron chi connectivity index (χ3n) is 0.222. The molecule has 0 unspecified atom stereocenters. The Hall–Kier alpha value is 2.89. The van der Waals surface area contributed by atoms with Crippen molar-refractivity contribution in [2.75, 3.05) is 0 Å². The van der Waals surface area contributed by atoms with E-state index < -0.39 is 14.6 Å². The average molecular weight is 277 g/mol. The molecule has 0 aliphatic carbocycles. The van der Waals surface area contributed by atoms with Crippen molar-refractivity contribution in [3.05, 3.63) is 0 Å². The largest absolute Gasteiger partial charge is 2.00 e. The second-order valence-corrected chi connectivity index (χ2v) is 0.713. The van der Waals surface area contributed by atoms with E-state index in [0.717, 1.165) is 0 Å². The number of hydrogen-bond donors (Lipinski definition) is 0. The SMILES string of the molecule is [O-]B([O-])OB([O-])[O-].[Sr+2].[Sr+2]. The second kappa shape index (κ2) is 10.9. The van der Waals surface area contributed by atoms with E-state index in [-0.39, 0.29) is 91.0 Å². The smallest absolute Gasteiger partial charge is 0.872 e. The Morgan fingerprint density at radius 1 is 0.778 bits per heavy atom. The zero-order valence-electron chi connectivity index (χ0n) is 4.61. The summed E-state index contributed by atoms with van der Waals surface area (Å²) in [6.07, 6.45) is 0. The van der Waals surface area contributed by atoms with Crippen molar-refractivity contribution in [2.24, 2.45) is 0 Å². The van der Waals surface area contributed by atoms with Gasteiger partial charge < -0.3 is 24.7 Å². The molecule has 0 fully saturated rings. The van der Waals surface area contributed by atoms with Crippen LogP contribution >= 0.6 is 0 Å². The monoisotopic (exact) mass is 278 g/mol. The molecule has 0 radical (unpaired) electrons. The van der Waals surface area contributed by atoms with Gasteiger partial charge in [0.1, 0.15) is 0 Å². The van der Waals surface area contributed by atoms with Gasteiger partial charge in [-0.2, -0.15) is 0 Å². The summed E-state index contributed by atoms with van der Waals surface area (Å²) in [6.45, 7) is 0. The van der Waals surface area contributed by atoms with Gasteiger partial charge in [-0.1, -0.05) is 0 Å². The van der Waals surface area contributed by atoms with Gasteiger partial charge in [-0.3, -0.25) is 0 Å². The van der Waals surface area contributed by atoms with Gasteiger partial charge in [-0.15, -0.1) is 0 Å². The van der Waals surface area contributed by atoms with Gasteiger partial charge in [0.25, 0.3) is 0 Å². The molecule has 5 nitrogen and oxygen atoms in total. The van der Waals surface area contributed by atoms with Crippen LogP contribution in [0.25, 0.3) is 0 Å². The molecule has 0 amide bonds. The first kappa shape index (κ1) is 17.8. The summed E-state index contributed by atoms with van der Waals surface area (Å²) in [4.78, 5) is 0. The Morgan fingerprint density at radius 3 is 1.00 bits per heavy atom. The van der Waals surface area contributed by atoms with Crippen molar-refractivity contribution in [3.63, 3.8) is 0 Å². The predicted octanol–water partition coefficient (Wildman–Crippen LogP) is -6.35. The quantitative estimate of drug-likeness (QED) is 0.467. The normalized spacial score (nSPS) is 6.67. The van der Waals surface area contributed by atoms with Crippen LogP contribution < -0.4 is 20.1 Å². The van der Waals surface area contributed by atoms with Gasteiger partial charge in [-0.25, -0.2) is 0 Å². The van der Waals surface area contributed by atoms with Gasteiger partial charge in [0, 0.05) is 14.6 Å². The summed E-state index contributed by atoms with van der Waals surface area (Å²) < 4.78 is 3.03. The van der Waals surface area contributed by atoms with Crippen LogP contribution in [-0.2, 0) is 4.57 Å². The third-order valence-corrected chi connectivity index (χ3v) is 0.222. The molecular formula is B2O5Sr2. The first-order chi connectivity index (χ1) is 3.13. The van der Waals surface area contributed by atoms with Crippen LogP contribution in [0.5, 0.6) is 0 Å². The zero-order valence-corrected chi connectivity index (χ0v) is 11.6. The van der Waals surface area contributed by atoms with Crippen molar-refractivity contribution in [2.45, 2.75) is 0 Å². The molecule has 0 heterocycles. The maximum absolute atomic E-state index is 9.16. The summed E-state index contributed by atoms with van der Waals surface area (Å²) in [7, 11) is -5.50. The Kier molecular flexibility index (Phi) is 21.6. The Balaban J connectivity index is -0.000000180. The maximum Gasteiger partial charge on any atom is 2.00 e. The second-order valence-electron chi connectivity index (χ2n) is 0.713. The molecule has 0 atom stereocenters. The summed E-state index contributed by atoms with van der Waals surface area (Å²) in [5, 5.41) is 36.6. The van der Waals surface area contributed by atoms with Crippen LogP contribution in [0.2, 0.25) is 0 Å². The van der Waals surface area contributed by atoms with Crippen molar-refractivity contribution >= 4 is 106 Å². The molecule has 9 heavy (non-hydrogen) atoms. The fourth-order valence-electron chi connectivity index (χ4n) is 0.0907. The molecule has 0 aliphatic rings. The Morgan fingerprint density at radius 2 is 1.00 bits per heavy atom. The van der Waals surface area contributed by atoms with E-state index in [0.29, 0.717) is 0 Å². The molecule has 0 aromatic rings. The fourth-order valence-corrected chi connectivity index (χ4v) is 0.0907. The van der Waals surface area contributed by atoms with Gasteiger partial charge >= 0.3 is 91.0 Å². The standard InChI is InChI=1S/B2O5.2Sr/c3-1(4)7-2(5)6;;/q-4;2*+2. The minimum atomic E-state index is -2.75. The molecule has 0 rings (SSSR count). The summed E-state index contributed by atoms with van der Waals surface area (Å²) in [6, 6.07) is 0. The maximum atomic E-state index is 9.16. The Bertz CT molecular complexity index is 42.2. The minimum absolute atomic E-state index is 0. The van der Waals surface area contributed by atoms with Crippen molar-refractivity contribution in [1.82, 2.24) is 0 Å². The molecule has 0 aliphatic heterocycles. The van der Waals surface area contributed by atoms with Gasteiger partial charge in [0.2, 0.25) is 0 Å². The molecule has 40 valence electrons. The average Bonchev–Trinajstić information content (AvgIpc) is 1.27. The molecule has 0 N–H and O–H groups in total. The van der Waals surface area contributed by atoms with Crippen LogP contribution in [0.3, 0.4) is 0 Å². The van der Waals surface area contributed by atoms with Crippen LogP contribution in [0, 0.1) is 0 Å². The zero-order chi connectivity index (χ0) is 5.86. The van der Waals surface area contributed by atoms with Crippen molar-refractivity contribution in [3.8, 4) is 0 Å². The van der Waals surface area contributed by atoms with E-state index in [1.54, 1.807) is 0 Å².